The predicted molar refractivity (Wildman–Crippen MR) is 87.6 cm³/mol. The van der Waals surface area contributed by atoms with Gasteiger partial charge in [0.15, 0.2) is 0 Å². The third kappa shape index (κ3) is 6.87. The Bertz CT molecular complexity index is 477. The van der Waals surface area contributed by atoms with Crippen LogP contribution in [-0.4, -0.2) is 30.2 Å². The summed E-state index contributed by atoms with van der Waals surface area (Å²) in [5, 5.41) is 6.04. The van der Waals surface area contributed by atoms with Crippen LogP contribution in [-0.2, 0) is 9.59 Å². The van der Waals surface area contributed by atoms with Crippen molar-refractivity contribution < 1.29 is 9.59 Å². The summed E-state index contributed by atoms with van der Waals surface area (Å²) < 4.78 is 0. The SMILES string of the molecule is CC(C)C(=O)NCCNC(=O)C(C)Sc1ccc(Cl)cc1. The summed E-state index contributed by atoms with van der Waals surface area (Å²) in [7, 11) is 0. The van der Waals surface area contributed by atoms with Gasteiger partial charge < -0.3 is 10.6 Å². The summed E-state index contributed by atoms with van der Waals surface area (Å²) in [6, 6.07) is 7.38. The largest absolute Gasteiger partial charge is 0.354 e. The fraction of sp³-hybridized carbons (Fsp3) is 0.467. The fourth-order valence-corrected chi connectivity index (χ4v) is 2.51. The van der Waals surface area contributed by atoms with E-state index in [1.165, 1.54) is 11.8 Å². The van der Waals surface area contributed by atoms with Crippen LogP contribution in [0.15, 0.2) is 29.2 Å². The average molecular weight is 329 g/mol. The van der Waals surface area contributed by atoms with Crippen LogP contribution in [0.3, 0.4) is 0 Å². The van der Waals surface area contributed by atoms with E-state index in [9.17, 15) is 9.59 Å². The molecule has 1 aromatic carbocycles. The summed E-state index contributed by atoms with van der Waals surface area (Å²) >= 11 is 7.29. The van der Waals surface area contributed by atoms with Crippen molar-refractivity contribution in [3.8, 4) is 0 Å². The van der Waals surface area contributed by atoms with Gasteiger partial charge in [-0.2, -0.15) is 0 Å². The van der Waals surface area contributed by atoms with Crippen molar-refractivity contribution in [2.75, 3.05) is 13.1 Å². The summed E-state index contributed by atoms with van der Waals surface area (Å²) in [4.78, 5) is 24.3. The van der Waals surface area contributed by atoms with Gasteiger partial charge in [-0.25, -0.2) is 0 Å². The molecule has 1 unspecified atom stereocenters. The third-order valence-electron chi connectivity index (χ3n) is 2.74. The Morgan fingerprint density at radius 2 is 1.57 bits per heavy atom. The maximum absolute atomic E-state index is 11.9. The molecule has 0 spiro atoms. The van der Waals surface area contributed by atoms with Gasteiger partial charge >= 0.3 is 0 Å². The number of carbonyl (C=O) groups is 2. The normalized spacial score (nSPS) is 12.0. The molecule has 2 amide bonds. The molecule has 0 aliphatic heterocycles. The van der Waals surface area contributed by atoms with E-state index in [0.29, 0.717) is 18.1 Å². The van der Waals surface area contributed by atoms with Crippen molar-refractivity contribution in [3.63, 3.8) is 0 Å². The lowest BCUT2D eigenvalue weighted by molar-refractivity contribution is -0.124. The number of hydrogen-bond acceptors (Lipinski definition) is 3. The van der Waals surface area contributed by atoms with Crippen molar-refractivity contribution in [3.05, 3.63) is 29.3 Å². The Morgan fingerprint density at radius 3 is 2.10 bits per heavy atom. The molecule has 0 saturated carbocycles. The zero-order chi connectivity index (χ0) is 15.8. The van der Waals surface area contributed by atoms with Gasteiger partial charge in [-0.1, -0.05) is 25.4 Å². The second-order valence-electron chi connectivity index (χ2n) is 4.95. The maximum Gasteiger partial charge on any atom is 0.233 e. The highest BCUT2D eigenvalue weighted by atomic mass is 35.5. The molecule has 21 heavy (non-hydrogen) atoms. The molecular weight excluding hydrogens is 308 g/mol. The highest BCUT2D eigenvalue weighted by molar-refractivity contribution is 8.00. The van der Waals surface area contributed by atoms with Crippen molar-refractivity contribution in [2.24, 2.45) is 5.92 Å². The summed E-state index contributed by atoms with van der Waals surface area (Å²) in [6.07, 6.45) is 0. The molecule has 0 aliphatic rings. The number of thioether (sulfide) groups is 1. The Hall–Kier alpha value is -1.20. The van der Waals surface area contributed by atoms with E-state index in [0.717, 1.165) is 4.90 Å². The first-order valence-corrected chi connectivity index (χ1v) is 8.13. The minimum atomic E-state index is -0.202. The van der Waals surface area contributed by atoms with E-state index in [2.05, 4.69) is 10.6 Å². The van der Waals surface area contributed by atoms with Gasteiger partial charge in [-0.05, 0) is 31.2 Å². The van der Waals surface area contributed by atoms with Crippen molar-refractivity contribution in [1.82, 2.24) is 10.6 Å². The van der Waals surface area contributed by atoms with Crippen LogP contribution < -0.4 is 10.6 Å². The quantitative estimate of drug-likeness (QED) is 0.597. The molecule has 0 aliphatic carbocycles. The first-order valence-electron chi connectivity index (χ1n) is 6.87. The first-order chi connectivity index (χ1) is 9.90. The van der Waals surface area contributed by atoms with E-state index in [1.807, 2.05) is 32.9 Å². The molecule has 0 aromatic heterocycles. The molecule has 1 rings (SSSR count). The van der Waals surface area contributed by atoms with Crippen LogP contribution >= 0.6 is 23.4 Å². The van der Waals surface area contributed by atoms with Crippen LogP contribution in [0.4, 0.5) is 0 Å². The van der Waals surface area contributed by atoms with E-state index in [-0.39, 0.29) is 23.0 Å². The second kappa shape index (κ2) is 8.95. The molecule has 2 N–H and O–H groups in total. The summed E-state index contributed by atoms with van der Waals surface area (Å²) in [5.41, 5.74) is 0. The minimum Gasteiger partial charge on any atom is -0.354 e. The highest BCUT2D eigenvalue weighted by Crippen LogP contribution is 2.24. The zero-order valence-corrected chi connectivity index (χ0v) is 14.1. The third-order valence-corrected chi connectivity index (χ3v) is 4.11. The number of carbonyl (C=O) groups excluding carboxylic acids is 2. The molecule has 0 heterocycles. The van der Waals surface area contributed by atoms with Gasteiger partial charge in [0.25, 0.3) is 0 Å². The summed E-state index contributed by atoms with van der Waals surface area (Å²) in [5.74, 6) is -0.0957. The molecule has 0 radical (unpaired) electrons. The van der Waals surface area contributed by atoms with Gasteiger partial charge in [0.05, 0.1) is 5.25 Å². The Balaban J connectivity index is 2.28. The number of hydrogen-bond donors (Lipinski definition) is 2. The van der Waals surface area contributed by atoms with Crippen LogP contribution in [0.2, 0.25) is 5.02 Å². The summed E-state index contributed by atoms with van der Waals surface area (Å²) in [6.45, 7) is 6.39. The van der Waals surface area contributed by atoms with E-state index >= 15 is 0 Å². The van der Waals surface area contributed by atoms with Crippen LogP contribution in [0.5, 0.6) is 0 Å². The Kier molecular flexibility index (Phi) is 7.61. The van der Waals surface area contributed by atoms with Gasteiger partial charge in [0.1, 0.15) is 0 Å². The Morgan fingerprint density at radius 1 is 1.05 bits per heavy atom. The number of benzene rings is 1. The molecule has 1 atom stereocenters. The predicted octanol–water partition coefficient (Wildman–Crippen LogP) is 2.71. The van der Waals surface area contributed by atoms with Crippen molar-refractivity contribution >= 4 is 35.2 Å². The van der Waals surface area contributed by atoms with E-state index in [1.54, 1.807) is 12.1 Å². The van der Waals surface area contributed by atoms with Gasteiger partial charge in [-0.3, -0.25) is 9.59 Å². The molecule has 1 aromatic rings. The lowest BCUT2D eigenvalue weighted by Crippen LogP contribution is -2.38. The molecule has 6 heteroatoms. The van der Waals surface area contributed by atoms with Crippen molar-refractivity contribution in [1.29, 1.82) is 0 Å². The topological polar surface area (TPSA) is 58.2 Å². The highest BCUT2D eigenvalue weighted by Gasteiger charge is 2.14. The Labute approximate surface area is 135 Å². The first kappa shape index (κ1) is 17.9. The number of halogens is 1. The smallest absolute Gasteiger partial charge is 0.233 e. The van der Waals surface area contributed by atoms with Crippen LogP contribution in [0.1, 0.15) is 20.8 Å². The molecule has 0 fully saturated rings. The van der Waals surface area contributed by atoms with E-state index < -0.39 is 0 Å². The van der Waals surface area contributed by atoms with Gasteiger partial charge in [0.2, 0.25) is 11.8 Å². The molecule has 116 valence electrons. The lowest BCUT2D eigenvalue weighted by Gasteiger charge is -2.13. The molecule has 0 bridgehead atoms. The van der Waals surface area contributed by atoms with Crippen LogP contribution in [0, 0.1) is 5.92 Å². The molecular formula is C15H21ClN2O2S. The maximum atomic E-state index is 11.9. The number of rotatable bonds is 7. The van der Waals surface area contributed by atoms with Gasteiger partial charge in [-0.15, -0.1) is 11.8 Å². The second-order valence-corrected chi connectivity index (χ2v) is 6.80. The van der Waals surface area contributed by atoms with Crippen LogP contribution in [0.25, 0.3) is 0 Å². The number of amides is 2. The zero-order valence-electron chi connectivity index (χ0n) is 12.5. The average Bonchev–Trinajstić information content (AvgIpc) is 2.45. The van der Waals surface area contributed by atoms with Gasteiger partial charge in [0, 0.05) is 28.9 Å². The molecule has 0 saturated heterocycles. The molecule has 4 nitrogen and oxygen atoms in total. The monoisotopic (exact) mass is 328 g/mol. The lowest BCUT2D eigenvalue weighted by atomic mass is 10.2. The minimum absolute atomic E-state index is 0.00663. The van der Waals surface area contributed by atoms with E-state index in [4.69, 9.17) is 11.6 Å². The fourth-order valence-electron chi connectivity index (χ4n) is 1.49. The number of nitrogens with one attached hydrogen (secondary N) is 2. The van der Waals surface area contributed by atoms with Crippen molar-refractivity contribution in [2.45, 2.75) is 30.9 Å². The standard InChI is InChI=1S/C15H21ClN2O2S/c1-10(2)14(19)17-8-9-18-15(20)11(3)21-13-6-4-12(16)5-7-13/h4-7,10-11H,8-9H2,1-3H3,(H,17,19)(H,18,20).